The molecule has 5 rings (SSSR count). The lowest BCUT2D eigenvalue weighted by Crippen LogP contribution is -2.56. The van der Waals surface area contributed by atoms with Gasteiger partial charge in [-0.1, -0.05) is 11.6 Å². The van der Waals surface area contributed by atoms with Crippen LogP contribution in [0.3, 0.4) is 0 Å². The highest BCUT2D eigenvalue weighted by Gasteiger charge is 2.40. The van der Waals surface area contributed by atoms with Crippen LogP contribution in [-0.4, -0.2) is 60.1 Å². The molecule has 1 spiro atoms. The number of nitrogens with one attached hydrogen (secondary N) is 2. The fraction of sp³-hybridized carbons (Fsp3) is 0.333. The summed E-state index contributed by atoms with van der Waals surface area (Å²) in [6.07, 6.45) is 3.45. The van der Waals surface area contributed by atoms with Gasteiger partial charge in [-0.3, -0.25) is 15.1 Å². The number of anilines is 2. The molecule has 1 atom stereocenters. The van der Waals surface area contributed by atoms with Crippen molar-refractivity contribution >= 4 is 57.0 Å². The third-order valence-electron chi connectivity index (χ3n) is 6.25. The number of carbonyl (C=O) groups excluding carboxylic acids is 1. The number of aliphatic imine (C=N–C) groups is 1. The van der Waals surface area contributed by atoms with E-state index in [0.29, 0.717) is 25.6 Å². The molecule has 1 unspecified atom stereocenters. The van der Waals surface area contributed by atoms with Crippen molar-refractivity contribution in [2.24, 2.45) is 12.0 Å². The number of halogens is 1. The number of hydrogen-bond acceptors (Lipinski definition) is 8. The van der Waals surface area contributed by atoms with Crippen LogP contribution < -0.4 is 22.1 Å². The third kappa shape index (κ3) is 4.08. The number of nitrogens with two attached hydrogens (primary N) is 2. The second-order valence-corrected chi connectivity index (χ2v) is 10.3. The average Bonchev–Trinajstić information content (AvgIpc) is 3.39. The SMILES string of the molecule is Cn1ccc2cc(S(=O)N3CCC4(CC3)CN=C(NC(=O)c3nc(Cl)c(N)nc3N)N4)ccc21. The van der Waals surface area contributed by atoms with Crippen LogP contribution in [0.4, 0.5) is 11.6 Å². The first-order valence-corrected chi connectivity index (χ1v) is 12.2. The first kappa shape index (κ1) is 22.6. The Kier molecular flexibility index (Phi) is 5.66. The monoisotopic (exact) mass is 501 g/mol. The molecule has 0 aliphatic carbocycles. The largest absolute Gasteiger partial charge is 0.382 e. The number of nitrogens with zero attached hydrogens (tertiary/aromatic N) is 5. The lowest BCUT2D eigenvalue weighted by Gasteiger charge is -2.38. The normalized spacial score (nSPS) is 18.6. The molecule has 6 N–H and O–H groups in total. The number of hydrogen-bond donors (Lipinski definition) is 4. The van der Waals surface area contributed by atoms with Gasteiger partial charge in [-0.25, -0.2) is 18.5 Å². The fourth-order valence-corrected chi connectivity index (χ4v) is 5.64. The van der Waals surface area contributed by atoms with E-state index in [1.54, 1.807) is 0 Å². The van der Waals surface area contributed by atoms with Crippen LogP contribution in [0.1, 0.15) is 23.3 Å². The summed E-state index contributed by atoms with van der Waals surface area (Å²) in [6, 6.07) is 7.93. The Balaban J connectivity index is 1.20. The highest BCUT2D eigenvalue weighted by atomic mass is 35.5. The second-order valence-electron chi connectivity index (χ2n) is 8.48. The highest BCUT2D eigenvalue weighted by Crippen LogP contribution is 2.29. The van der Waals surface area contributed by atoms with Gasteiger partial charge in [0.2, 0.25) is 0 Å². The van der Waals surface area contributed by atoms with Gasteiger partial charge in [0.15, 0.2) is 28.4 Å². The van der Waals surface area contributed by atoms with E-state index >= 15 is 0 Å². The molecule has 2 aromatic heterocycles. The Morgan fingerprint density at radius 1 is 1.21 bits per heavy atom. The molecular formula is C21H24ClN9O2S. The number of aryl methyl sites for hydroxylation is 1. The van der Waals surface area contributed by atoms with E-state index in [4.69, 9.17) is 23.1 Å². The zero-order valence-electron chi connectivity index (χ0n) is 18.4. The number of rotatable bonds is 3. The van der Waals surface area contributed by atoms with Gasteiger partial charge in [-0.05, 0) is 37.1 Å². The number of piperidine rings is 1. The summed E-state index contributed by atoms with van der Waals surface area (Å²) in [5.41, 5.74) is 12.0. The number of amides is 1. The van der Waals surface area contributed by atoms with Gasteiger partial charge in [0, 0.05) is 37.2 Å². The number of aromatic nitrogens is 3. The summed E-state index contributed by atoms with van der Waals surface area (Å²) in [4.78, 5) is 25.6. The Morgan fingerprint density at radius 3 is 2.74 bits per heavy atom. The summed E-state index contributed by atoms with van der Waals surface area (Å²) in [5, 5.41) is 6.97. The van der Waals surface area contributed by atoms with Crippen LogP contribution >= 0.6 is 11.6 Å². The molecule has 0 saturated carbocycles. The quantitative estimate of drug-likeness (QED) is 0.417. The molecule has 178 valence electrons. The maximum Gasteiger partial charge on any atom is 0.280 e. The minimum absolute atomic E-state index is 0.0427. The first-order valence-electron chi connectivity index (χ1n) is 10.7. The van der Waals surface area contributed by atoms with Gasteiger partial charge in [-0.15, -0.1) is 0 Å². The number of guanidine groups is 1. The van der Waals surface area contributed by atoms with Crippen LogP contribution in [0.25, 0.3) is 10.9 Å². The van der Waals surface area contributed by atoms with Crippen LogP contribution in [0.2, 0.25) is 5.15 Å². The van der Waals surface area contributed by atoms with Crippen molar-refractivity contribution in [2.45, 2.75) is 23.3 Å². The smallest absolute Gasteiger partial charge is 0.280 e. The molecule has 1 aromatic carbocycles. The lowest BCUT2D eigenvalue weighted by molar-refractivity contribution is 0.0971. The van der Waals surface area contributed by atoms with Crippen molar-refractivity contribution in [3.8, 4) is 0 Å². The van der Waals surface area contributed by atoms with E-state index in [1.807, 2.05) is 46.4 Å². The van der Waals surface area contributed by atoms with Gasteiger partial charge < -0.3 is 21.4 Å². The van der Waals surface area contributed by atoms with Crippen LogP contribution in [0, 0.1) is 0 Å². The maximum atomic E-state index is 13.2. The van der Waals surface area contributed by atoms with Crippen molar-refractivity contribution < 1.29 is 9.00 Å². The van der Waals surface area contributed by atoms with E-state index in [1.165, 1.54) is 0 Å². The molecule has 13 heteroatoms. The highest BCUT2D eigenvalue weighted by molar-refractivity contribution is 7.82. The predicted molar refractivity (Wildman–Crippen MR) is 132 cm³/mol. The van der Waals surface area contributed by atoms with E-state index in [0.717, 1.165) is 28.6 Å². The maximum absolute atomic E-state index is 13.2. The van der Waals surface area contributed by atoms with Gasteiger partial charge in [0.05, 0.1) is 17.0 Å². The number of benzene rings is 1. The lowest BCUT2D eigenvalue weighted by atomic mass is 9.89. The summed E-state index contributed by atoms with van der Waals surface area (Å²) in [7, 11) is 0.744. The van der Waals surface area contributed by atoms with E-state index < -0.39 is 16.9 Å². The fourth-order valence-electron chi connectivity index (χ4n) is 4.29. The topological polar surface area (TPSA) is 157 Å². The van der Waals surface area contributed by atoms with Crippen molar-refractivity contribution in [2.75, 3.05) is 31.1 Å². The number of carbonyl (C=O) groups is 1. The van der Waals surface area contributed by atoms with E-state index in [2.05, 4.69) is 25.6 Å². The molecular weight excluding hydrogens is 478 g/mol. The van der Waals surface area contributed by atoms with Crippen LogP contribution in [0.5, 0.6) is 0 Å². The summed E-state index contributed by atoms with van der Waals surface area (Å²) in [5.74, 6) is -0.399. The van der Waals surface area contributed by atoms with Gasteiger partial charge in [0.25, 0.3) is 5.91 Å². The van der Waals surface area contributed by atoms with Crippen molar-refractivity contribution in [3.63, 3.8) is 0 Å². The van der Waals surface area contributed by atoms with Crippen molar-refractivity contribution in [3.05, 3.63) is 41.3 Å². The van der Waals surface area contributed by atoms with E-state index in [9.17, 15) is 9.00 Å². The standard InChI is InChI=1S/C21H24ClN9O2S/c1-30-7-4-12-10-13(2-3-14(12)30)34(33)31-8-5-21(6-9-31)11-25-20(29-21)28-19(32)15-17(23)27-18(24)16(22)26-15/h2-4,7,10H,5-6,8-9,11H2,1H3,(H4,23,24,27)(H2,25,28,29,32). The molecule has 1 saturated heterocycles. The minimum atomic E-state index is -1.25. The molecule has 2 aliphatic heterocycles. The van der Waals surface area contributed by atoms with Crippen molar-refractivity contribution in [1.29, 1.82) is 0 Å². The molecule has 0 radical (unpaired) electrons. The van der Waals surface area contributed by atoms with Crippen molar-refractivity contribution in [1.82, 2.24) is 29.5 Å². The first-order chi connectivity index (χ1) is 16.2. The predicted octanol–water partition coefficient (Wildman–Crippen LogP) is 1.03. The van der Waals surface area contributed by atoms with Crippen LogP contribution in [-0.2, 0) is 18.0 Å². The van der Waals surface area contributed by atoms with Gasteiger partial charge >= 0.3 is 0 Å². The molecule has 2 aliphatic rings. The Labute approximate surface area is 203 Å². The molecule has 11 nitrogen and oxygen atoms in total. The molecule has 0 bridgehead atoms. The van der Waals surface area contributed by atoms with Gasteiger partial charge in [0.1, 0.15) is 11.0 Å². The Morgan fingerprint density at radius 2 is 1.97 bits per heavy atom. The molecule has 1 fully saturated rings. The summed E-state index contributed by atoms with van der Waals surface area (Å²) in [6.45, 7) is 1.77. The molecule has 1 amide bonds. The zero-order valence-corrected chi connectivity index (χ0v) is 20.0. The van der Waals surface area contributed by atoms with E-state index in [-0.39, 0.29) is 28.0 Å². The minimum Gasteiger partial charge on any atom is -0.382 e. The van der Waals surface area contributed by atoms with Crippen LogP contribution in [0.15, 0.2) is 40.4 Å². The Hall–Kier alpha value is -3.22. The third-order valence-corrected chi connectivity index (χ3v) is 8.02. The zero-order chi connectivity index (χ0) is 24.0. The average molecular weight is 502 g/mol. The van der Waals surface area contributed by atoms with Gasteiger partial charge in [-0.2, -0.15) is 0 Å². The molecule has 3 aromatic rings. The second kappa shape index (κ2) is 8.53. The molecule has 34 heavy (non-hydrogen) atoms. The Bertz CT molecular complexity index is 1350. The molecule has 4 heterocycles. The number of fused-ring (bicyclic) bond motifs is 1. The summed E-state index contributed by atoms with van der Waals surface area (Å²) < 4.78 is 17.2. The summed E-state index contributed by atoms with van der Waals surface area (Å²) >= 11 is 5.87. The number of nitrogen functional groups attached to an aromatic ring is 2.